The van der Waals surface area contributed by atoms with Gasteiger partial charge in [-0.2, -0.15) is 0 Å². The van der Waals surface area contributed by atoms with Gasteiger partial charge in [0.25, 0.3) is 5.91 Å². The summed E-state index contributed by atoms with van der Waals surface area (Å²) in [4.78, 5) is 25.0. The van der Waals surface area contributed by atoms with Crippen LogP contribution in [0.15, 0.2) is 22.7 Å². The second-order valence-electron chi connectivity index (χ2n) is 4.80. The van der Waals surface area contributed by atoms with Gasteiger partial charge in [0.05, 0.1) is 11.0 Å². The number of piperazine rings is 1. The molecule has 0 radical (unpaired) electrons. The van der Waals surface area contributed by atoms with Crippen molar-refractivity contribution < 1.29 is 14.3 Å². The molecule has 0 spiro atoms. The number of nitrogens with zero attached hydrogens (tertiary/aromatic N) is 1. The van der Waals surface area contributed by atoms with Gasteiger partial charge < -0.3 is 15.0 Å². The Bertz CT molecular complexity index is 533. The van der Waals surface area contributed by atoms with Crippen molar-refractivity contribution in [3.8, 4) is 5.75 Å². The first kappa shape index (κ1) is 14.8. The third kappa shape index (κ3) is 3.50. The summed E-state index contributed by atoms with van der Waals surface area (Å²) >= 11 is 3.42. The summed E-state index contributed by atoms with van der Waals surface area (Å²) in [6.07, 6.45) is -0.625. The molecule has 0 saturated carbocycles. The molecule has 0 aromatic heterocycles. The normalized spacial score (nSPS) is 16.6. The van der Waals surface area contributed by atoms with Gasteiger partial charge in [-0.3, -0.25) is 9.59 Å². The van der Waals surface area contributed by atoms with Gasteiger partial charge in [-0.1, -0.05) is 6.07 Å². The van der Waals surface area contributed by atoms with Crippen LogP contribution in [0.5, 0.6) is 5.75 Å². The molecule has 1 fully saturated rings. The Balaban J connectivity index is 2.01. The van der Waals surface area contributed by atoms with Crippen molar-refractivity contribution in [2.75, 3.05) is 19.6 Å². The summed E-state index contributed by atoms with van der Waals surface area (Å²) in [6.45, 7) is 4.79. The first-order valence-electron chi connectivity index (χ1n) is 6.45. The predicted octanol–water partition coefficient (Wildman–Crippen LogP) is 1.48. The Morgan fingerprint density at radius 3 is 2.90 bits per heavy atom. The van der Waals surface area contributed by atoms with E-state index in [4.69, 9.17) is 4.74 Å². The van der Waals surface area contributed by atoms with E-state index in [0.717, 1.165) is 10.0 Å². The monoisotopic (exact) mass is 340 g/mol. The van der Waals surface area contributed by atoms with Crippen molar-refractivity contribution in [3.05, 3.63) is 28.2 Å². The fourth-order valence-electron chi connectivity index (χ4n) is 2.03. The van der Waals surface area contributed by atoms with Gasteiger partial charge in [0.2, 0.25) is 5.91 Å². The second-order valence-corrected chi connectivity index (χ2v) is 5.66. The van der Waals surface area contributed by atoms with Crippen LogP contribution < -0.4 is 10.1 Å². The molecule has 1 aliphatic rings. The zero-order chi connectivity index (χ0) is 14.7. The molecule has 1 atom stereocenters. The van der Waals surface area contributed by atoms with E-state index in [1.807, 2.05) is 25.1 Å². The summed E-state index contributed by atoms with van der Waals surface area (Å²) in [5.41, 5.74) is 1.11. The van der Waals surface area contributed by atoms with E-state index in [9.17, 15) is 9.59 Å². The van der Waals surface area contributed by atoms with Crippen molar-refractivity contribution in [2.45, 2.75) is 20.0 Å². The number of hydrogen-bond acceptors (Lipinski definition) is 3. The number of aryl methyl sites for hydroxylation is 1. The number of amides is 2. The number of ether oxygens (including phenoxy) is 1. The van der Waals surface area contributed by atoms with Crippen LogP contribution in [0.25, 0.3) is 0 Å². The Morgan fingerprint density at radius 2 is 2.25 bits per heavy atom. The lowest BCUT2D eigenvalue weighted by Crippen LogP contribution is -2.53. The van der Waals surface area contributed by atoms with Crippen molar-refractivity contribution in [2.24, 2.45) is 0 Å². The largest absolute Gasteiger partial charge is 0.480 e. The molecule has 1 N–H and O–H groups in total. The smallest absolute Gasteiger partial charge is 0.263 e. The van der Waals surface area contributed by atoms with Crippen molar-refractivity contribution in [3.63, 3.8) is 0 Å². The van der Waals surface area contributed by atoms with Gasteiger partial charge in [0, 0.05) is 13.1 Å². The lowest BCUT2D eigenvalue weighted by molar-refractivity contribution is -0.143. The summed E-state index contributed by atoms with van der Waals surface area (Å²) < 4.78 is 6.49. The lowest BCUT2D eigenvalue weighted by Gasteiger charge is -2.29. The molecule has 1 aromatic rings. The number of carbonyl (C=O) groups is 2. The minimum atomic E-state index is -0.625. The number of hydrogen-bond donors (Lipinski definition) is 1. The predicted molar refractivity (Wildman–Crippen MR) is 78.6 cm³/mol. The standard InChI is InChI=1S/C14H17BrN2O3/c1-9-3-4-12(11(15)7-9)20-10(2)14(19)17-6-5-16-13(18)8-17/h3-4,7,10H,5-6,8H2,1-2H3,(H,16,18)/t10-/m0/s1. The van der Waals surface area contributed by atoms with Gasteiger partial charge in [0.1, 0.15) is 5.75 Å². The molecule has 1 aliphatic heterocycles. The van der Waals surface area contributed by atoms with Crippen LogP contribution in [-0.2, 0) is 9.59 Å². The molecule has 6 heteroatoms. The van der Waals surface area contributed by atoms with E-state index < -0.39 is 6.10 Å². The molecule has 0 unspecified atom stereocenters. The van der Waals surface area contributed by atoms with Gasteiger partial charge in [-0.05, 0) is 47.5 Å². The highest BCUT2D eigenvalue weighted by Gasteiger charge is 2.26. The van der Waals surface area contributed by atoms with Crippen molar-refractivity contribution >= 4 is 27.7 Å². The van der Waals surface area contributed by atoms with E-state index in [0.29, 0.717) is 18.8 Å². The van der Waals surface area contributed by atoms with Crippen molar-refractivity contribution in [1.82, 2.24) is 10.2 Å². The minimum absolute atomic E-state index is 0.0988. The van der Waals surface area contributed by atoms with E-state index >= 15 is 0 Å². The number of carbonyl (C=O) groups excluding carboxylic acids is 2. The highest BCUT2D eigenvalue weighted by molar-refractivity contribution is 9.10. The first-order valence-corrected chi connectivity index (χ1v) is 7.25. The maximum atomic E-state index is 12.2. The fraction of sp³-hybridized carbons (Fsp3) is 0.429. The zero-order valence-electron chi connectivity index (χ0n) is 11.5. The van der Waals surface area contributed by atoms with E-state index in [1.165, 1.54) is 4.90 Å². The summed E-state index contributed by atoms with van der Waals surface area (Å²) in [6, 6.07) is 5.68. The maximum Gasteiger partial charge on any atom is 0.263 e. The molecule has 0 bridgehead atoms. The quantitative estimate of drug-likeness (QED) is 0.906. The van der Waals surface area contributed by atoms with Gasteiger partial charge >= 0.3 is 0 Å². The molecule has 0 aliphatic carbocycles. The van der Waals surface area contributed by atoms with Crippen LogP contribution in [0.4, 0.5) is 0 Å². The van der Waals surface area contributed by atoms with Crippen LogP contribution >= 0.6 is 15.9 Å². The van der Waals surface area contributed by atoms with Crippen LogP contribution in [0.1, 0.15) is 12.5 Å². The topological polar surface area (TPSA) is 58.6 Å². The average Bonchev–Trinajstić information content (AvgIpc) is 2.41. The van der Waals surface area contributed by atoms with E-state index in [-0.39, 0.29) is 18.4 Å². The molecule has 2 rings (SSSR count). The Labute approximate surface area is 126 Å². The molecule has 2 amide bonds. The number of halogens is 1. The molecule has 1 saturated heterocycles. The summed E-state index contributed by atoms with van der Waals surface area (Å²) in [5, 5.41) is 2.69. The van der Waals surface area contributed by atoms with Crippen LogP contribution in [0, 0.1) is 6.92 Å². The molecule has 5 nitrogen and oxygen atoms in total. The summed E-state index contributed by atoms with van der Waals surface area (Å²) in [7, 11) is 0. The Hall–Kier alpha value is -1.56. The summed E-state index contributed by atoms with van der Waals surface area (Å²) in [5.74, 6) is 0.318. The molecule has 1 aromatic carbocycles. The van der Waals surface area contributed by atoms with Gasteiger partial charge in [-0.15, -0.1) is 0 Å². The van der Waals surface area contributed by atoms with Crippen molar-refractivity contribution in [1.29, 1.82) is 0 Å². The number of benzene rings is 1. The third-order valence-corrected chi connectivity index (χ3v) is 3.71. The average molecular weight is 341 g/mol. The SMILES string of the molecule is Cc1ccc(O[C@@H](C)C(=O)N2CCNC(=O)C2)c(Br)c1. The minimum Gasteiger partial charge on any atom is -0.480 e. The highest BCUT2D eigenvalue weighted by atomic mass is 79.9. The second kappa shape index (κ2) is 6.26. The number of nitrogens with one attached hydrogen (secondary N) is 1. The fourth-order valence-corrected chi connectivity index (χ4v) is 2.61. The molecule has 108 valence electrons. The molecular formula is C14H17BrN2O3. The molecular weight excluding hydrogens is 324 g/mol. The van der Waals surface area contributed by atoms with Crippen LogP contribution in [0.3, 0.4) is 0 Å². The Morgan fingerprint density at radius 1 is 1.50 bits per heavy atom. The zero-order valence-corrected chi connectivity index (χ0v) is 13.1. The van der Waals surface area contributed by atoms with Crippen LogP contribution in [0.2, 0.25) is 0 Å². The van der Waals surface area contributed by atoms with Gasteiger partial charge in [0.15, 0.2) is 6.10 Å². The molecule has 1 heterocycles. The number of rotatable bonds is 3. The highest BCUT2D eigenvalue weighted by Crippen LogP contribution is 2.26. The van der Waals surface area contributed by atoms with E-state index in [1.54, 1.807) is 6.92 Å². The third-order valence-electron chi connectivity index (χ3n) is 3.09. The maximum absolute atomic E-state index is 12.2. The lowest BCUT2D eigenvalue weighted by atomic mass is 10.2. The van der Waals surface area contributed by atoms with Crippen LogP contribution in [-0.4, -0.2) is 42.5 Å². The Kier molecular flexibility index (Phi) is 4.65. The van der Waals surface area contributed by atoms with E-state index in [2.05, 4.69) is 21.2 Å². The molecule has 20 heavy (non-hydrogen) atoms. The van der Waals surface area contributed by atoms with Gasteiger partial charge in [-0.25, -0.2) is 0 Å². The first-order chi connectivity index (χ1) is 9.47.